The number of furan rings is 1. The van der Waals surface area contributed by atoms with Crippen molar-refractivity contribution in [1.82, 2.24) is 4.90 Å². The smallest absolute Gasteiger partial charge is 0.410 e. The van der Waals surface area contributed by atoms with Crippen molar-refractivity contribution in [2.45, 2.75) is 25.5 Å². The lowest BCUT2D eigenvalue weighted by atomic mass is 10.1. The van der Waals surface area contributed by atoms with Gasteiger partial charge in [0.15, 0.2) is 6.61 Å². The molecule has 2 N–H and O–H groups in total. The Labute approximate surface area is 94.1 Å². The number of hydrogen-bond acceptors (Lipinski definition) is 4. The second-order valence-electron chi connectivity index (χ2n) is 3.98. The summed E-state index contributed by atoms with van der Waals surface area (Å²) in [5.41, 5.74) is 5.79. The van der Waals surface area contributed by atoms with Gasteiger partial charge in [-0.1, -0.05) is 0 Å². The zero-order valence-corrected chi connectivity index (χ0v) is 9.09. The highest BCUT2D eigenvalue weighted by Gasteiger charge is 2.22. The van der Waals surface area contributed by atoms with Gasteiger partial charge in [0.2, 0.25) is 0 Å². The predicted molar refractivity (Wildman–Crippen MR) is 57.7 cm³/mol. The van der Waals surface area contributed by atoms with Crippen molar-refractivity contribution in [3.05, 3.63) is 24.2 Å². The van der Waals surface area contributed by atoms with Crippen molar-refractivity contribution in [3.8, 4) is 0 Å². The molecule has 16 heavy (non-hydrogen) atoms. The van der Waals surface area contributed by atoms with Crippen molar-refractivity contribution >= 4 is 6.09 Å². The van der Waals surface area contributed by atoms with Gasteiger partial charge in [-0.3, -0.25) is 0 Å². The van der Waals surface area contributed by atoms with E-state index in [1.54, 1.807) is 23.3 Å². The minimum atomic E-state index is -0.313. The first-order chi connectivity index (χ1) is 7.75. The van der Waals surface area contributed by atoms with Gasteiger partial charge in [0, 0.05) is 19.1 Å². The van der Waals surface area contributed by atoms with Crippen LogP contribution in [0.2, 0.25) is 0 Å². The maximum Gasteiger partial charge on any atom is 0.410 e. The lowest BCUT2D eigenvalue weighted by molar-refractivity contribution is 0.0807. The number of hydrogen-bond donors (Lipinski definition) is 1. The van der Waals surface area contributed by atoms with E-state index in [0.29, 0.717) is 12.3 Å². The summed E-state index contributed by atoms with van der Waals surface area (Å²) in [6.07, 6.45) is 3.16. The third-order valence-corrected chi connectivity index (χ3v) is 2.63. The Morgan fingerprint density at radius 2 is 2.56 bits per heavy atom. The van der Waals surface area contributed by atoms with Gasteiger partial charge in [0.25, 0.3) is 0 Å². The molecular weight excluding hydrogens is 208 g/mol. The minimum absolute atomic E-state index is 0.0740. The van der Waals surface area contributed by atoms with Crippen molar-refractivity contribution in [2.24, 2.45) is 5.73 Å². The maximum atomic E-state index is 11.6. The number of ether oxygens (including phenoxy) is 1. The van der Waals surface area contributed by atoms with E-state index in [1.807, 2.05) is 0 Å². The molecule has 0 aliphatic carbocycles. The van der Waals surface area contributed by atoms with Gasteiger partial charge in [-0.05, 0) is 25.0 Å². The Balaban J connectivity index is 1.79. The van der Waals surface area contributed by atoms with Gasteiger partial charge >= 0.3 is 6.09 Å². The van der Waals surface area contributed by atoms with Crippen LogP contribution in [0.3, 0.4) is 0 Å². The molecule has 5 nitrogen and oxygen atoms in total. The number of likely N-dealkylation sites (tertiary alicyclic amines) is 1. The molecule has 0 spiro atoms. The normalized spacial score (nSPS) is 20.8. The molecule has 1 aromatic rings. The first-order valence-corrected chi connectivity index (χ1v) is 5.45. The number of amides is 1. The highest BCUT2D eigenvalue weighted by atomic mass is 16.6. The van der Waals surface area contributed by atoms with E-state index in [1.165, 1.54) is 0 Å². The molecule has 1 atom stereocenters. The van der Waals surface area contributed by atoms with E-state index in [4.69, 9.17) is 14.9 Å². The van der Waals surface area contributed by atoms with Crippen molar-refractivity contribution in [2.75, 3.05) is 13.1 Å². The first kappa shape index (κ1) is 11.0. The number of piperidine rings is 1. The molecule has 1 amide bonds. The minimum Gasteiger partial charge on any atom is -0.466 e. The quantitative estimate of drug-likeness (QED) is 0.823. The van der Waals surface area contributed by atoms with E-state index in [0.717, 1.165) is 19.4 Å². The average Bonchev–Trinajstić information content (AvgIpc) is 2.78. The summed E-state index contributed by atoms with van der Waals surface area (Å²) < 4.78 is 10.2. The Kier molecular flexibility index (Phi) is 3.46. The van der Waals surface area contributed by atoms with Crippen molar-refractivity contribution in [3.63, 3.8) is 0 Å². The van der Waals surface area contributed by atoms with Gasteiger partial charge < -0.3 is 19.8 Å². The molecule has 1 unspecified atom stereocenters. The summed E-state index contributed by atoms with van der Waals surface area (Å²) in [6.45, 7) is 1.49. The van der Waals surface area contributed by atoms with Crippen molar-refractivity contribution in [1.29, 1.82) is 0 Å². The van der Waals surface area contributed by atoms with Gasteiger partial charge in [-0.15, -0.1) is 0 Å². The van der Waals surface area contributed by atoms with E-state index < -0.39 is 0 Å². The molecule has 0 bridgehead atoms. The lowest BCUT2D eigenvalue weighted by Gasteiger charge is -2.29. The highest BCUT2D eigenvalue weighted by Crippen LogP contribution is 2.10. The Bertz CT molecular complexity index is 337. The number of carbonyl (C=O) groups excluding carboxylic acids is 1. The SMILES string of the molecule is NC1CCCN(C(=O)OCc2ccco2)C1. The second-order valence-corrected chi connectivity index (χ2v) is 3.98. The summed E-state index contributed by atoms with van der Waals surface area (Å²) in [7, 11) is 0. The molecule has 2 rings (SSSR count). The van der Waals surface area contributed by atoms with E-state index >= 15 is 0 Å². The lowest BCUT2D eigenvalue weighted by Crippen LogP contribution is -2.45. The third-order valence-electron chi connectivity index (χ3n) is 2.63. The molecule has 0 aromatic carbocycles. The number of carbonyl (C=O) groups is 1. The monoisotopic (exact) mass is 224 g/mol. The standard InChI is InChI=1S/C11H16N2O3/c12-9-3-1-5-13(7-9)11(14)16-8-10-4-2-6-15-10/h2,4,6,9H,1,3,5,7-8,12H2. The Morgan fingerprint density at radius 3 is 3.25 bits per heavy atom. The average molecular weight is 224 g/mol. The molecule has 2 heterocycles. The molecule has 1 fully saturated rings. The number of nitrogens with zero attached hydrogens (tertiary/aromatic N) is 1. The van der Waals surface area contributed by atoms with Crippen LogP contribution in [0.5, 0.6) is 0 Å². The molecule has 0 radical (unpaired) electrons. The van der Waals surface area contributed by atoms with E-state index in [9.17, 15) is 4.79 Å². The molecule has 1 aromatic heterocycles. The molecule has 1 aliphatic heterocycles. The fraction of sp³-hybridized carbons (Fsp3) is 0.545. The second kappa shape index (κ2) is 5.03. The molecule has 1 saturated heterocycles. The topological polar surface area (TPSA) is 68.7 Å². The summed E-state index contributed by atoms with van der Waals surface area (Å²) in [5, 5.41) is 0. The highest BCUT2D eigenvalue weighted by molar-refractivity contribution is 5.67. The summed E-state index contributed by atoms with van der Waals surface area (Å²) in [5.74, 6) is 0.648. The van der Waals surface area contributed by atoms with Crippen LogP contribution in [0.1, 0.15) is 18.6 Å². The largest absolute Gasteiger partial charge is 0.466 e. The molecule has 5 heteroatoms. The van der Waals surface area contributed by atoms with Crippen LogP contribution in [0.4, 0.5) is 4.79 Å². The predicted octanol–water partition coefficient (Wildman–Crippen LogP) is 1.34. The van der Waals surface area contributed by atoms with Gasteiger partial charge in [-0.2, -0.15) is 0 Å². The molecule has 0 saturated carbocycles. The molecule has 1 aliphatic rings. The third kappa shape index (κ3) is 2.76. The van der Waals surface area contributed by atoms with Crippen molar-refractivity contribution < 1.29 is 13.9 Å². The fourth-order valence-corrected chi connectivity index (χ4v) is 1.79. The van der Waals surface area contributed by atoms with E-state index in [-0.39, 0.29) is 18.7 Å². The van der Waals surface area contributed by atoms with Gasteiger partial charge in [0.1, 0.15) is 5.76 Å². The van der Waals surface area contributed by atoms with Crippen LogP contribution >= 0.6 is 0 Å². The van der Waals surface area contributed by atoms with Gasteiger partial charge in [-0.25, -0.2) is 4.79 Å². The first-order valence-electron chi connectivity index (χ1n) is 5.45. The fourth-order valence-electron chi connectivity index (χ4n) is 1.79. The number of nitrogens with two attached hydrogens (primary N) is 1. The van der Waals surface area contributed by atoms with Crippen LogP contribution < -0.4 is 5.73 Å². The zero-order valence-electron chi connectivity index (χ0n) is 9.09. The van der Waals surface area contributed by atoms with Crippen LogP contribution in [0.15, 0.2) is 22.8 Å². The zero-order chi connectivity index (χ0) is 11.4. The molecule has 88 valence electrons. The van der Waals surface area contributed by atoms with Crippen LogP contribution in [-0.2, 0) is 11.3 Å². The van der Waals surface area contributed by atoms with Crippen LogP contribution in [-0.4, -0.2) is 30.1 Å². The summed E-state index contributed by atoms with van der Waals surface area (Å²) in [6, 6.07) is 3.61. The Hall–Kier alpha value is -1.49. The maximum absolute atomic E-state index is 11.6. The summed E-state index contributed by atoms with van der Waals surface area (Å²) >= 11 is 0. The summed E-state index contributed by atoms with van der Waals surface area (Å²) in [4.78, 5) is 13.3. The Morgan fingerprint density at radius 1 is 1.69 bits per heavy atom. The number of rotatable bonds is 2. The van der Waals surface area contributed by atoms with Crippen LogP contribution in [0, 0.1) is 0 Å². The molecular formula is C11H16N2O3. The van der Waals surface area contributed by atoms with Gasteiger partial charge in [0.05, 0.1) is 6.26 Å². The van der Waals surface area contributed by atoms with E-state index in [2.05, 4.69) is 0 Å². The van der Waals surface area contributed by atoms with Crippen LogP contribution in [0.25, 0.3) is 0 Å².